The fourth-order valence-electron chi connectivity index (χ4n) is 2.75. The van der Waals surface area contributed by atoms with Crippen molar-refractivity contribution in [1.82, 2.24) is 10.2 Å². The van der Waals surface area contributed by atoms with E-state index in [1.54, 1.807) is 25.3 Å². The van der Waals surface area contributed by atoms with Crippen molar-refractivity contribution in [3.63, 3.8) is 0 Å². The quantitative estimate of drug-likeness (QED) is 0.929. The number of nitrogens with one attached hydrogen (secondary N) is 1. The summed E-state index contributed by atoms with van der Waals surface area (Å²) in [5.74, 6) is 0.559. The minimum atomic E-state index is 0.0234. The first-order valence-corrected chi connectivity index (χ1v) is 7.86. The Hall–Kier alpha value is -1.26. The Morgan fingerprint density at radius 1 is 1.43 bits per heavy atom. The first kappa shape index (κ1) is 16.1. The maximum absolute atomic E-state index is 12.9. The minimum Gasteiger partial charge on any atom is -0.496 e. The van der Waals surface area contributed by atoms with Gasteiger partial charge in [0.25, 0.3) is 5.91 Å². The SMILES string of the molecule is CCC1CN(C(=O)c2ccc(Cl)cc2OC)C(CC)CN1. The summed E-state index contributed by atoms with van der Waals surface area (Å²) in [5, 5.41) is 4.07. The lowest BCUT2D eigenvalue weighted by molar-refractivity contribution is 0.0572. The van der Waals surface area contributed by atoms with Crippen LogP contribution in [-0.4, -0.2) is 43.1 Å². The maximum Gasteiger partial charge on any atom is 0.257 e. The third-order valence-electron chi connectivity index (χ3n) is 4.12. The molecule has 2 unspecified atom stereocenters. The van der Waals surface area contributed by atoms with Crippen molar-refractivity contribution in [2.45, 2.75) is 38.8 Å². The van der Waals surface area contributed by atoms with E-state index in [4.69, 9.17) is 16.3 Å². The Morgan fingerprint density at radius 2 is 2.19 bits per heavy atom. The molecule has 1 saturated heterocycles. The summed E-state index contributed by atoms with van der Waals surface area (Å²) in [6, 6.07) is 5.75. The van der Waals surface area contributed by atoms with Crippen molar-refractivity contribution in [3.05, 3.63) is 28.8 Å². The number of carbonyl (C=O) groups excluding carboxylic acids is 1. The van der Waals surface area contributed by atoms with Crippen LogP contribution < -0.4 is 10.1 Å². The van der Waals surface area contributed by atoms with Gasteiger partial charge in [-0.15, -0.1) is 0 Å². The van der Waals surface area contributed by atoms with Crippen molar-refractivity contribution < 1.29 is 9.53 Å². The highest BCUT2D eigenvalue weighted by atomic mass is 35.5. The molecule has 0 aliphatic carbocycles. The molecule has 1 fully saturated rings. The lowest BCUT2D eigenvalue weighted by Gasteiger charge is -2.40. The Balaban J connectivity index is 2.28. The number of halogens is 1. The molecule has 1 heterocycles. The Kier molecular flexibility index (Phi) is 5.48. The first-order chi connectivity index (χ1) is 10.1. The fourth-order valence-corrected chi connectivity index (χ4v) is 2.91. The van der Waals surface area contributed by atoms with E-state index in [1.807, 2.05) is 4.90 Å². The van der Waals surface area contributed by atoms with E-state index >= 15 is 0 Å². The van der Waals surface area contributed by atoms with Gasteiger partial charge >= 0.3 is 0 Å². The van der Waals surface area contributed by atoms with Gasteiger partial charge in [-0.1, -0.05) is 25.4 Å². The van der Waals surface area contributed by atoms with E-state index in [9.17, 15) is 4.79 Å². The monoisotopic (exact) mass is 310 g/mol. The highest BCUT2D eigenvalue weighted by molar-refractivity contribution is 6.30. The molecule has 21 heavy (non-hydrogen) atoms. The Bertz CT molecular complexity index is 507. The zero-order valence-corrected chi connectivity index (χ0v) is 13.6. The van der Waals surface area contributed by atoms with E-state index < -0.39 is 0 Å². The summed E-state index contributed by atoms with van der Waals surface area (Å²) in [4.78, 5) is 14.9. The van der Waals surface area contributed by atoms with Crippen molar-refractivity contribution >= 4 is 17.5 Å². The lowest BCUT2D eigenvalue weighted by Crippen LogP contribution is -2.57. The highest BCUT2D eigenvalue weighted by Gasteiger charge is 2.31. The molecule has 4 nitrogen and oxygen atoms in total. The average molecular weight is 311 g/mol. The largest absolute Gasteiger partial charge is 0.496 e. The van der Waals surface area contributed by atoms with Crippen LogP contribution in [0.15, 0.2) is 18.2 Å². The summed E-state index contributed by atoms with van der Waals surface area (Å²) >= 11 is 5.97. The molecular weight excluding hydrogens is 288 g/mol. The van der Waals surface area contributed by atoms with Gasteiger partial charge < -0.3 is 15.0 Å². The zero-order chi connectivity index (χ0) is 15.4. The highest BCUT2D eigenvalue weighted by Crippen LogP contribution is 2.26. The standard InChI is InChI=1S/C16H23ClN2O2/c1-4-12-10-19(13(5-2)9-18-12)16(20)14-7-6-11(17)8-15(14)21-3/h6-8,12-13,18H,4-5,9-10H2,1-3H3. The number of nitrogens with zero attached hydrogens (tertiary/aromatic N) is 1. The van der Waals surface area contributed by atoms with Crippen LogP contribution in [0, 0.1) is 0 Å². The Morgan fingerprint density at radius 3 is 2.81 bits per heavy atom. The van der Waals surface area contributed by atoms with Gasteiger partial charge in [0.2, 0.25) is 0 Å². The van der Waals surface area contributed by atoms with Gasteiger partial charge in [0.15, 0.2) is 0 Å². The van der Waals surface area contributed by atoms with Gasteiger partial charge in [0.1, 0.15) is 5.75 Å². The fraction of sp³-hybridized carbons (Fsp3) is 0.562. The van der Waals surface area contributed by atoms with E-state index in [0.717, 1.165) is 25.9 Å². The summed E-state index contributed by atoms with van der Waals surface area (Å²) < 4.78 is 5.31. The average Bonchev–Trinajstić information content (AvgIpc) is 2.53. The summed E-state index contributed by atoms with van der Waals surface area (Å²) in [5.41, 5.74) is 0.581. The second-order valence-corrected chi connectivity index (χ2v) is 5.81. The molecule has 1 N–H and O–H groups in total. The summed E-state index contributed by atoms with van der Waals surface area (Å²) in [6.45, 7) is 5.82. The predicted octanol–water partition coefficient (Wildman–Crippen LogP) is 2.95. The number of hydrogen-bond donors (Lipinski definition) is 1. The molecule has 2 rings (SSSR count). The number of methoxy groups -OCH3 is 1. The van der Waals surface area contributed by atoms with Crippen LogP contribution in [0.4, 0.5) is 0 Å². The van der Waals surface area contributed by atoms with E-state index in [-0.39, 0.29) is 11.9 Å². The van der Waals surface area contributed by atoms with Crippen LogP contribution in [0.1, 0.15) is 37.0 Å². The lowest BCUT2D eigenvalue weighted by atomic mass is 10.0. The van der Waals surface area contributed by atoms with Gasteiger partial charge in [0.05, 0.1) is 12.7 Å². The molecule has 0 spiro atoms. The topological polar surface area (TPSA) is 41.6 Å². The zero-order valence-electron chi connectivity index (χ0n) is 12.9. The number of rotatable bonds is 4. The second kappa shape index (κ2) is 7.14. The third kappa shape index (κ3) is 3.50. The molecule has 0 radical (unpaired) electrons. The maximum atomic E-state index is 12.9. The van der Waals surface area contributed by atoms with Crippen molar-refractivity contribution in [1.29, 1.82) is 0 Å². The molecule has 1 amide bonds. The van der Waals surface area contributed by atoms with Crippen molar-refractivity contribution in [2.75, 3.05) is 20.2 Å². The molecule has 1 aromatic rings. The van der Waals surface area contributed by atoms with Crippen LogP contribution in [0.5, 0.6) is 5.75 Å². The van der Waals surface area contributed by atoms with Crippen LogP contribution in [-0.2, 0) is 0 Å². The number of piperazine rings is 1. The van der Waals surface area contributed by atoms with Crippen LogP contribution in [0.25, 0.3) is 0 Å². The molecule has 0 saturated carbocycles. The molecule has 1 aliphatic rings. The molecule has 0 bridgehead atoms. The first-order valence-electron chi connectivity index (χ1n) is 7.48. The third-order valence-corrected chi connectivity index (χ3v) is 4.35. The van der Waals surface area contributed by atoms with Crippen molar-refractivity contribution in [2.24, 2.45) is 0 Å². The molecule has 116 valence electrons. The minimum absolute atomic E-state index is 0.0234. The van der Waals surface area contributed by atoms with E-state index in [1.165, 1.54) is 0 Å². The molecule has 5 heteroatoms. The van der Waals surface area contributed by atoms with Gasteiger partial charge in [-0.25, -0.2) is 0 Å². The van der Waals surface area contributed by atoms with E-state index in [0.29, 0.717) is 22.4 Å². The van der Waals surface area contributed by atoms with Crippen LogP contribution in [0.3, 0.4) is 0 Å². The van der Waals surface area contributed by atoms with Gasteiger partial charge in [-0.05, 0) is 31.0 Å². The normalized spacial score (nSPS) is 22.2. The summed E-state index contributed by atoms with van der Waals surface area (Å²) in [6.07, 6.45) is 1.95. The number of amides is 1. The number of hydrogen-bond acceptors (Lipinski definition) is 3. The molecule has 1 aromatic carbocycles. The molecule has 0 aromatic heterocycles. The predicted molar refractivity (Wildman–Crippen MR) is 85.2 cm³/mol. The second-order valence-electron chi connectivity index (χ2n) is 5.38. The number of carbonyl (C=O) groups is 1. The van der Waals surface area contributed by atoms with E-state index in [2.05, 4.69) is 19.2 Å². The molecule has 1 aliphatic heterocycles. The smallest absolute Gasteiger partial charge is 0.257 e. The Labute approximate surface area is 131 Å². The van der Waals surface area contributed by atoms with Gasteiger partial charge in [-0.2, -0.15) is 0 Å². The number of benzene rings is 1. The number of ether oxygens (including phenoxy) is 1. The van der Waals surface area contributed by atoms with Crippen LogP contribution >= 0.6 is 11.6 Å². The van der Waals surface area contributed by atoms with Gasteiger partial charge in [-0.3, -0.25) is 4.79 Å². The van der Waals surface area contributed by atoms with Crippen LogP contribution in [0.2, 0.25) is 5.02 Å². The molecular formula is C16H23ClN2O2. The van der Waals surface area contributed by atoms with Crippen molar-refractivity contribution in [3.8, 4) is 5.75 Å². The van der Waals surface area contributed by atoms with Gasteiger partial charge in [0, 0.05) is 30.2 Å². The molecule has 2 atom stereocenters. The summed E-state index contributed by atoms with van der Waals surface area (Å²) in [7, 11) is 1.56.